The van der Waals surface area contributed by atoms with Gasteiger partial charge in [-0.15, -0.1) is 11.3 Å². The molecule has 1 fully saturated rings. The Hall–Kier alpha value is -1.91. The maximum Gasteiger partial charge on any atom is 0.340 e. The average Bonchev–Trinajstić information content (AvgIpc) is 3.17. The van der Waals surface area contributed by atoms with Crippen LogP contribution in [-0.4, -0.2) is 66.5 Å². The van der Waals surface area contributed by atoms with Crippen molar-refractivity contribution in [1.82, 2.24) is 4.90 Å². The molecule has 8 nitrogen and oxygen atoms in total. The molecular formula is C16H19N3O5S2. The SMILES string of the molecule is COC(=O)c1cc(C)sc1NC(=O)C[C@@H]1SC(N2CCOCC2)=NC1=O. The average molecular weight is 397 g/mol. The third-order valence-electron chi connectivity index (χ3n) is 3.89. The molecular weight excluding hydrogens is 378 g/mol. The number of anilines is 1. The van der Waals surface area contributed by atoms with Gasteiger partial charge in [0.05, 0.1) is 25.9 Å². The van der Waals surface area contributed by atoms with Crippen LogP contribution in [0.2, 0.25) is 0 Å². The van der Waals surface area contributed by atoms with Gasteiger partial charge in [-0.25, -0.2) is 4.79 Å². The highest BCUT2D eigenvalue weighted by Gasteiger charge is 2.33. The van der Waals surface area contributed by atoms with Crippen molar-refractivity contribution in [2.24, 2.45) is 4.99 Å². The second kappa shape index (κ2) is 8.19. The number of amides is 2. The predicted octanol–water partition coefficient (Wildman–Crippen LogP) is 1.50. The van der Waals surface area contributed by atoms with Crippen LogP contribution in [0.5, 0.6) is 0 Å². The van der Waals surface area contributed by atoms with Crippen LogP contribution in [0.15, 0.2) is 11.1 Å². The Morgan fingerprint density at radius 1 is 1.42 bits per heavy atom. The maximum atomic E-state index is 12.4. The largest absolute Gasteiger partial charge is 0.465 e. The van der Waals surface area contributed by atoms with Gasteiger partial charge in [0.25, 0.3) is 5.91 Å². The fraction of sp³-hybridized carbons (Fsp3) is 0.500. The van der Waals surface area contributed by atoms with Crippen molar-refractivity contribution in [2.45, 2.75) is 18.6 Å². The molecule has 0 aliphatic carbocycles. The van der Waals surface area contributed by atoms with Crippen LogP contribution in [0.4, 0.5) is 5.00 Å². The quantitative estimate of drug-likeness (QED) is 0.769. The number of ether oxygens (including phenoxy) is 2. The topological polar surface area (TPSA) is 97.3 Å². The van der Waals surface area contributed by atoms with Crippen LogP contribution in [0.1, 0.15) is 21.7 Å². The van der Waals surface area contributed by atoms with E-state index in [4.69, 9.17) is 9.47 Å². The Bertz CT molecular complexity index is 755. The zero-order valence-corrected chi connectivity index (χ0v) is 16.1. The molecule has 0 bridgehead atoms. The first-order chi connectivity index (χ1) is 12.5. The van der Waals surface area contributed by atoms with Gasteiger partial charge in [0.2, 0.25) is 5.91 Å². The summed E-state index contributed by atoms with van der Waals surface area (Å²) in [5.41, 5.74) is 0.319. The minimum atomic E-state index is -0.546. The van der Waals surface area contributed by atoms with Crippen LogP contribution < -0.4 is 5.32 Å². The molecule has 2 amide bonds. The molecule has 2 aliphatic heterocycles. The van der Waals surface area contributed by atoms with Crippen molar-refractivity contribution in [3.63, 3.8) is 0 Å². The summed E-state index contributed by atoms with van der Waals surface area (Å²) in [6.45, 7) is 4.43. The van der Waals surface area contributed by atoms with E-state index < -0.39 is 11.2 Å². The van der Waals surface area contributed by atoms with Gasteiger partial charge in [-0.3, -0.25) is 9.59 Å². The summed E-state index contributed by atoms with van der Waals surface area (Å²) in [6.07, 6.45) is -0.00159. The van der Waals surface area contributed by atoms with E-state index in [0.29, 0.717) is 42.0 Å². The highest BCUT2D eigenvalue weighted by atomic mass is 32.2. The lowest BCUT2D eigenvalue weighted by atomic mass is 10.2. The molecule has 140 valence electrons. The molecule has 1 atom stereocenters. The number of thioether (sulfide) groups is 1. The van der Waals surface area contributed by atoms with E-state index in [1.54, 1.807) is 6.07 Å². The van der Waals surface area contributed by atoms with Crippen LogP contribution in [0.25, 0.3) is 0 Å². The van der Waals surface area contributed by atoms with Crippen molar-refractivity contribution in [2.75, 3.05) is 38.7 Å². The lowest BCUT2D eigenvalue weighted by molar-refractivity contribution is -0.121. The zero-order valence-electron chi connectivity index (χ0n) is 14.4. The first kappa shape index (κ1) is 18.9. The van der Waals surface area contributed by atoms with Crippen molar-refractivity contribution < 1.29 is 23.9 Å². The Labute approximate surface area is 158 Å². The molecule has 3 heterocycles. The molecule has 0 aromatic carbocycles. The Kier molecular flexibility index (Phi) is 5.94. The summed E-state index contributed by atoms with van der Waals surface area (Å²) in [4.78, 5) is 43.2. The maximum absolute atomic E-state index is 12.4. The highest BCUT2D eigenvalue weighted by molar-refractivity contribution is 8.15. The van der Waals surface area contributed by atoms with Crippen LogP contribution in [0, 0.1) is 6.92 Å². The van der Waals surface area contributed by atoms with Gasteiger partial charge in [0.1, 0.15) is 10.3 Å². The molecule has 0 spiro atoms. The van der Waals surface area contributed by atoms with E-state index in [2.05, 4.69) is 10.3 Å². The van der Waals surface area contributed by atoms with E-state index in [0.717, 1.165) is 4.88 Å². The fourth-order valence-corrected chi connectivity index (χ4v) is 4.65. The lowest BCUT2D eigenvalue weighted by Gasteiger charge is -2.27. The molecule has 0 radical (unpaired) electrons. The minimum Gasteiger partial charge on any atom is -0.465 e. The number of carbonyl (C=O) groups is 3. The number of methoxy groups -OCH3 is 1. The Morgan fingerprint density at radius 3 is 2.85 bits per heavy atom. The number of aliphatic imine (C=N–C) groups is 1. The third-order valence-corrected chi connectivity index (χ3v) is 6.07. The van der Waals surface area contributed by atoms with Gasteiger partial charge in [0, 0.05) is 24.4 Å². The number of amidine groups is 1. The van der Waals surface area contributed by atoms with Crippen LogP contribution in [0.3, 0.4) is 0 Å². The molecule has 26 heavy (non-hydrogen) atoms. The van der Waals surface area contributed by atoms with Gasteiger partial charge < -0.3 is 19.7 Å². The zero-order chi connectivity index (χ0) is 18.7. The first-order valence-corrected chi connectivity index (χ1v) is 9.78. The van der Waals surface area contributed by atoms with Crippen molar-refractivity contribution in [3.05, 3.63) is 16.5 Å². The number of nitrogens with zero attached hydrogens (tertiary/aromatic N) is 2. The second-order valence-corrected chi connectivity index (χ2v) is 8.21. The molecule has 1 N–H and O–H groups in total. The third kappa shape index (κ3) is 4.25. The van der Waals surface area contributed by atoms with Crippen molar-refractivity contribution >= 4 is 51.1 Å². The minimum absolute atomic E-state index is 0.00159. The van der Waals surface area contributed by atoms with Gasteiger partial charge >= 0.3 is 5.97 Å². The summed E-state index contributed by atoms with van der Waals surface area (Å²) in [6, 6.07) is 1.67. The second-order valence-electron chi connectivity index (χ2n) is 5.78. The molecule has 10 heteroatoms. The number of thiophene rings is 1. The number of rotatable bonds is 4. The number of esters is 1. The highest BCUT2D eigenvalue weighted by Crippen LogP contribution is 2.31. The number of hydrogen-bond donors (Lipinski definition) is 1. The number of morpholine rings is 1. The summed E-state index contributed by atoms with van der Waals surface area (Å²) < 4.78 is 10.0. The van der Waals surface area contributed by atoms with E-state index in [-0.39, 0.29) is 18.2 Å². The van der Waals surface area contributed by atoms with E-state index in [1.807, 2.05) is 11.8 Å². The Morgan fingerprint density at radius 2 is 2.15 bits per heavy atom. The van der Waals surface area contributed by atoms with E-state index >= 15 is 0 Å². The fourth-order valence-electron chi connectivity index (χ4n) is 2.61. The molecule has 3 rings (SSSR count). The number of hydrogen-bond acceptors (Lipinski definition) is 8. The normalized spacial score (nSPS) is 20.1. The predicted molar refractivity (Wildman–Crippen MR) is 99.9 cm³/mol. The molecule has 1 aromatic rings. The number of nitrogens with one attached hydrogen (secondary N) is 1. The summed E-state index contributed by atoms with van der Waals surface area (Å²) in [5, 5.41) is 3.26. The summed E-state index contributed by atoms with van der Waals surface area (Å²) >= 11 is 2.60. The van der Waals surface area contributed by atoms with Crippen LogP contribution in [-0.2, 0) is 19.1 Å². The molecule has 0 saturated carbocycles. The van der Waals surface area contributed by atoms with Crippen molar-refractivity contribution in [1.29, 1.82) is 0 Å². The molecule has 0 unspecified atom stereocenters. The van der Waals surface area contributed by atoms with Gasteiger partial charge in [-0.05, 0) is 13.0 Å². The lowest BCUT2D eigenvalue weighted by Crippen LogP contribution is -2.39. The van der Waals surface area contributed by atoms with Gasteiger partial charge in [-0.1, -0.05) is 11.8 Å². The summed E-state index contributed by atoms with van der Waals surface area (Å²) in [7, 11) is 1.29. The molecule has 1 saturated heterocycles. The molecule has 2 aliphatic rings. The van der Waals surface area contributed by atoms with Gasteiger partial charge in [0.15, 0.2) is 5.17 Å². The number of carbonyl (C=O) groups excluding carboxylic acids is 3. The standard InChI is InChI=1S/C16H19N3O5S2/c1-9-7-10(15(22)23-2)14(25-9)17-12(20)8-11-13(21)18-16(26-11)19-3-5-24-6-4-19/h7,11H,3-6,8H2,1-2H3,(H,17,20)/t11-/m0/s1. The van der Waals surface area contributed by atoms with Crippen molar-refractivity contribution in [3.8, 4) is 0 Å². The molecule has 1 aromatic heterocycles. The summed E-state index contributed by atoms with van der Waals surface area (Å²) in [5.74, 6) is -1.14. The monoisotopic (exact) mass is 397 g/mol. The number of aryl methyl sites for hydroxylation is 1. The van der Waals surface area contributed by atoms with Gasteiger partial charge in [-0.2, -0.15) is 4.99 Å². The smallest absolute Gasteiger partial charge is 0.340 e. The van der Waals surface area contributed by atoms with E-state index in [9.17, 15) is 14.4 Å². The van der Waals surface area contributed by atoms with E-state index in [1.165, 1.54) is 30.2 Å². The Balaban J connectivity index is 1.59. The van der Waals surface area contributed by atoms with Crippen LogP contribution >= 0.6 is 23.1 Å². The first-order valence-electron chi connectivity index (χ1n) is 8.08.